The summed E-state index contributed by atoms with van der Waals surface area (Å²) in [5, 5.41) is 19.4. The summed E-state index contributed by atoms with van der Waals surface area (Å²) < 4.78 is 17.0. The van der Waals surface area contributed by atoms with Gasteiger partial charge in [0.15, 0.2) is 11.7 Å². The minimum Gasteiger partial charge on any atom is -0.488 e. The minimum atomic E-state index is -0.629. The Hall–Kier alpha value is -5.21. The van der Waals surface area contributed by atoms with Crippen LogP contribution in [0.1, 0.15) is 42.1 Å². The highest BCUT2D eigenvalue weighted by Crippen LogP contribution is 2.33. The molecule has 42 heavy (non-hydrogen) atoms. The van der Waals surface area contributed by atoms with Crippen LogP contribution in [0.2, 0.25) is 0 Å². The topological polar surface area (TPSA) is 134 Å². The summed E-state index contributed by atoms with van der Waals surface area (Å²) in [6, 6.07) is 22.9. The molecule has 0 saturated heterocycles. The number of ether oxygens (including phenoxy) is 3. The maximum atomic E-state index is 12.7. The van der Waals surface area contributed by atoms with Crippen molar-refractivity contribution in [1.29, 1.82) is 5.26 Å². The average Bonchev–Trinajstić information content (AvgIpc) is 2.99. The number of nitrogens with zero attached hydrogens (tertiary/aromatic N) is 2. The molecule has 0 saturated carbocycles. The fourth-order valence-corrected chi connectivity index (χ4v) is 4.43. The largest absolute Gasteiger partial charge is 0.488 e. The summed E-state index contributed by atoms with van der Waals surface area (Å²) in [7, 11) is 0. The molecule has 3 aromatic carbocycles. The highest BCUT2D eigenvalue weighted by molar-refractivity contribution is 7.80. The van der Waals surface area contributed by atoms with Gasteiger partial charge >= 0.3 is 5.97 Å². The third-order valence-corrected chi connectivity index (χ3v) is 6.36. The van der Waals surface area contributed by atoms with E-state index in [4.69, 9.17) is 31.7 Å². The molecule has 10 nitrogen and oxygen atoms in total. The average molecular weight is 584 g/mol. The van der Waals surface area contributed by atoms with Crippen LogP contribution in [0.5, 0.6) is 11.5 Å². The van der Waals surface area contributed by atoms with Gasteiger partial charge in [-0.15, -0.1) is 0 Å². The third-order valence-electron chi connectivity index (χ3n) is 6.14. The molecule has 1 amide bonds. The minimum absolute atomic E-state index is 0.222. The number of benzene rings is 3. The summed E-state index contributed by atoms with van der Waals surface area (Å²) in [4.78, 5) is 25.3. The van der Waals surface area contributed by atoms with Crippen LogP contribution < -0.4 is 25.5 Å². The summed E-state index contributed by atoms with van der Waals surface area (Å²) in [6.07, 6.45) is 1.49. The van der Waals surface area contributed by atoms with Gasteiger partial charge in [-0.2, -0.15) is 10.4 Å². The van der Waals surface area contributed by atoms with Gasteiger partial charge in [0.2, 0.25) is 0 Å². The van der Waals surface area contributed by atoms with Gasteiger partial charge < -0.3 is 24.8 Å². The summed E-state index contributed by atoms with van der Waals surface area (Å²) in [6.45, 7) is 3.69. The molecule has 0 unspecified atom stereocenters. The van der Waals surface area contributed by atoms with Crippen molar-refractivity contribution in [3.05, 3.63) is 106 Å². The van der Waals surface area contributed by atoms with Crippen molar-refractivity contribution in [2.75, 3.05) is 13.2 Å². The van der Waals surface area contributed by atoms with Crippen LogP contribution in [-0.2, 0) is 20.9 Å². The third kappa shape index (κ3) is 7.71. The zero-order valence-electron chi connectivity index (χ0n) is 23.0. The number of carbonyl (C=O) groups is 2. The fraction of sp³-hybridized carbons (Fsp3) is 0.194. The van der Waals surface area contributed by atoms with Crippen LogP contribution in [0.25, 0.3) is 0 Å². The molecule has 3 aromatic rings. The lowest BCUT2D eigenvalue weighted by atomic mass is 9.95. The Morgan fingerprint density at radius 3 is 2.50 bits per heavy atom. The van der Waals surface area contributed by atoms with Crippen molar-refractivity contribution in [3.63, 3.8) is 0 Å². The van der Waals surface area contributed by atoms with Crippen molar-refractivity contribution in [2.24, 2.45) is 5.10 Å². The maximum Gasteiger partial charge on any atom is 0.338 e. The predicted molar refractivity (Wildman–Crippen MR) is 161 cm³/mol. The molecule has 0 aromatic heterocycles. The molecule has 214 valence electrons. The Balaban J connectivity index is 1.38. The lowest BCUT2D eigenvalue weighted by molar-refractivity contribution is -0.139. The molecule has 0 bridgehead atoms. The van der Waals surface area contributed by atoms with Gasteiger partial charge in [0.25, 0.3) is 5.91 Å². The van der Waals surface area contributed by atoms with Gasteiger partial charge in [-0.05, 0) is 62.0 Å². The number of carbonyl (C=O) groups excluding carboxylic acids is 2. The molecular weight excluding hydrogens is 554 g/mol. The number of hydrogen-bond donors (Lipinski definition) is 3. The van der Waals surface area contributed by atoms with Crippen LogP contribution in [0.15, 0.2) is 89.2 Å². The van der Waals surface area contributed by atoms with E-state index in [2.05, 4.69) is 27.2 Å². The number of hydrogen-bond acceptors (Lipinski definition) is 8. The van der Waals surface area contributed by atoms with E-state index >= 15 is 0 Å². The van der Waals surface area contributed by atoms with Crippen LogP contribution in [0, 0.1) is 11.3 Å². The van der Waals surface area contributed by atoms with E-state index in [0.29, 0.717) is 51.2 Å². The van der Waals surface area contributed by atoms with Gasteiger partial charge in [-0.3, -0.25) is 4.79 Å². The molecule has 0 aliphatic carbocycles. The van der Waals surface area contributed by atoms with E-state index in [9.17, 15) is 9.59 Å². The van der Waals surface area contributed by atoms with Crippen LogP contribution in [-0.4, -0.2) is 36.4 Å². The molecular formula is C31H29N5O5S. The Morgan fingerprint density at radius 1 is 1.05 bits per heavy atom. The standard InChI is InChI=1S/C31H29N5O5S/c1-3-39-30(38)28-20(2)34-31(42)35-29(28)24-9-5-7-11-26(24)41-19-27(37)36-33-17-23-8-4-6-10-25(23)40-18-22-14-12-21(16-32)13-15-22/h4-15,17,29H,3,18-19H2,1-2H3,(H,36,37)(H2,34,35,42)/t29-/m0/s1. The zero-order chi connectivity index (χ0) is 29.9. The van der Waals surface area contributed by atoms with Gasteiger partial charge in [-0.1, -0.05) is 42.5 Å². The molecule has 0 spiro atoms. The highest BCUT2D eigenvalue weighted by Gasteiger charge is 2.32. The van der Waals surface area contributed by atoms with E-state index in [-0.39, 0.29) is 13.2 Å². The smallest absolute Gasteiger partial charge is 0.338 e. The predicted octanol–water partition coefficient (Wildman–Crippen LogP) is 4.02. The van der Waals surface area contributed by atoms with Crippen molar-refractivity contribution in [2.45, 2.75) is 26.5 Å². The Labute approximate surface area is 249 Å². The number of rotatable bonds is 11. The Bertz CT molecular complexity index is 1560. The first kappa shape index (κ1) is 29.8. The van der Waals surface area contributed by atoms with Crippen molar-refractivity contribution in [1.82, 2.24) is 16.1 Å². The summed E-state index contributed by atoms with van der Waals surface area (Å²) in [5.74, 6) is 0.0156. The highest BCUT2D eigenvalue weighted by atomic mass is 32.1. The maximum absolute atomic E-state index is 12.7. The Kier molecular flexibility index (Phi) is 10.2. The molecule has 0 fully saturated rings. The number of esters is 1. The number of hydrazone groups is 1. The van der Waals surface area contributed by atoms with Gasteiger partial charge in [0, 0.05) is 16.8 Å². The Morgan fingerprint density at radius 2 is 1.76 bits per heavy atom. The summed E-state index contributed by atoms with van der Waals surface area (Å²) >= 11 is 5.31. The second-order valence-corrected chi connectivity index (χ2v) is 9.45. The summed E-state index contributed by atoms with van der Waals surface area (Å²) in [5.41, 5.74) is 6.18. The number of allylic oxidation sites excluding steroid dienone is 1. The van der Waals surface area contributed by atoms with Crippen LogP contribution in [0.3, 0.4) is 0 Å². The molecule has 1 aliphatic heterocycles. The second kappa shape index (κ2) is 14.4. The van der Waals surface area contributed by atoms with Gasteiger partial charge in [0.1, 0.15) is 18.1 Å². The number of thiocarbonyl (C=S) groups is 1. The quantitative estimate of drug-likeness (QED) is 0.132. The van der Waals surface area contributed by atoms with E-state index in [1.54, 1.807) is 56.3 Å². The zero-order valence-corrected chi connectivity index (χ0v) is 23.9. The monoisotopic (exact) mass is 583 g/mol. The normalized spacial score (nSPS) is 14.4. The first-order chi connectivity index (χ1) is 20.4. The van der Waals surface area contributed by atoms with Crippen molar-refractivity contribution in [3.8, 4) is 17.6 Å². The SMILES string of the molecule is CCOC(=O)C1=C(C)NC(=S)N[C@H]1c1ccccc1OCC(=O)NN=Cc1ccccc1OCc1ccc(C#N)cc1. The first-order valence-corrected chi connectivity index (χ1v) is 13.5. The lowest BCUT2D eigenvalue weighted by Crippen LogP contribution is -2.45. The van der Waals surface area contributed by atoms with Crippen LogP contribution >= 0.6 is 12.2 Å². The number of nitriles is 1. The van der Waals surface area contributed by atoms with E-state index in [1.165, 1.54) is 6.21 Å². The van der Waals surface area contributed by atoms with Crippen LogP contribution in [0.4, 0.5) is 0 Å². The number of amides is 1. The number of para-hydroxylation sites is 2. The molecule has 11 heteroatoms. The van der Waals surface area contributed by atoms with Gasteiger partial charge in [-0.25, -0.2) is 10.2 Å². The van der Waals surface area contributed by atoms with Gasteiger partial charge in [0.05, 0.1) is 36.1 Å². The molecule has 1 heterocycles. The van der Waals surface area contributed by atoms with E-state index in [1.807, 2.05) is 30.3 Å². The van der Waals surface area contributed by atoms with E-state index < -0.39 is 17.9 Å². The second-order valence-electron chi connectivity index (χ2n) is 9.05. The molecule has 0 radical (unpaired) electrons. The molecule has 4 rings (SSSR count). The van der Waals surface area contributed by atoms with E-state index in [0.717, 1.165) is 5.56 Å². The first-order valence-electron chi connectivity index (χ1n) is 13.1. The number of nitrogens with one attached hydrogen (secondary N) is 3. The molecule has 1 aliphatic rings. The molecule has 1 atom stereocenters. The van der Waals surface area contributed by atoms with Crippen molar-refractivity contribution >= 4 is 35.4 Å². The lowest BCUT2D eigenvalue weighted by Gasteiger charge is -2.30. The van der Waals surface area contributed by atoms with Crippen molar-refractivity contribution < 1.29 is 23.8 Å². The fourth-order valence-electron chi connectivity index (χ4n) is 4.16. The molecule has 3 N–H and O–H groups in total.